The second-order valence-electron chi connectivity index (χ2n) is 6.41. The monoisotopic (exact) mass is 319 g/mol. The van der Waals surface area contributed by atoms with Crippen LogP contribution in [0.4, 0.5) is 20.6 Å². The average molecular weight is 319 g/mol. The van der Waals surface area contributed by atoms with Crippen molar-refractivity contribution in [1.29, 1.82) is 0 Å². The maximum absolute atomic E-state index is 14.6. The van der Waals surface area contributed by atoms with E-state index < -0.39 is 11.9 Å². The van der Waals surface area contributed by atoms with Crippen LogP contribution in [0.2, 0.25) is 0 Å². The summed E-state index contributed by atoms with van der Waals surface area (Å²) >= 11 is 0. The summed E-state index contributed by atoms with van der Waals surface area (Å²) in [7, 11) is 0. The fourth-order valence-corrected chi connectivity index (χ4v) is 3.22. The highest BCUT2D eigenvalue weighted by Gasteiger charge is 2.37. The molecule has 2 aliphatic heterocycles. The molecule has 0 aromatic heterocycles. The standard InChI is InChI=1S/C16H18FN3O3/c17-13-5-11(19-8-12(6-18)23-16(19)22)3-10-4-14(21)20(15(10)13)7-9-1-2-9/h3,5,9,12H,1-2,4,6-8,18H2/t12-/m1/s1. The molecule has 2 fully saturated rings. The van der Waals surface area contributed by atoms with Gasteiger partial charge in [-0.3, -0.25) is 9.69 Å². The van der Waals surface area contributed by atoms with Gasteiger partial charge in [-0.15, -0.1) is 0 Å². The van der Waals surface area contributed by atoms with Crippen molar-refractivity contribution >= 4 is 23.4 Å². The minimum absolute atomic E-state index is 0.0771. The van der Waals surface area contributed by atoms with Crippen molar-refractivity contribution in [3.05, 3.63) is 23.5 Å². The molecule has 3 aliphatic rings. The Morgan fingerprint density at radius 2 is 2.09 bits per heavy atom. The largest absolute Gasteiger partial charge is 0.443 e. The number of nitrogens with zero attached hydrogens (tertiary/aromatic N) is 2. The van der Waals surface area contributed by atoms with Crippen LogP contribution in [0.5, 0.6) is 0 Å². The number of rotatable bonds is 4. The molecule has 1 saturated carbocycles. The zero-order valence-corrected chi connectivity index (χ0v) is 12.6. The van der Waals surface area contributed by atoms with E-state index in [0.29, 0.717) is 35.9 Å². The van der Waals surface area contributed by atoms with Crippen LogP contribution in [0, 0.1) is 11.7 Å². The third-order valence-electron chi connectivity index (χ3n) is 4.63. The van der Waals surface area contributed by atoms with E-state index in [1.807, 2.05) is 0 Å². The smallest absolute Gasteiger partial charge is 0.414 e. The molecule has 2 N–H and O–H groups in total. The van der Waals surface area contributed by atoms with Crippen LogP contribution in [0.25, 0.3) is 0 Å². The van der Waals surface area contributed by atoms with Gasteiger partial charge in [-0.1, -0.05) is 0 Å². The average Bonchev–Trinajstić information content (AvgIpc) is 3.16. The highest BCUT2D eigenvalue weighted by Crippen LogP contribution is 2.39. The summed E-state index contributed by atoms with van der Waals surface area (Å²) in [6.45, 7) is 1.11. The quantitative estimate of drug-likeness (QED) is 0.910. The lowest BCUT2D eigenvalue weighted by atomic mass is 10.1. The van der Waals surface area contributed by atoms with Gasteiger partial charge in [0.1, 0.15) is 11.9 Å². The number of anilines is 2. The lowest BCUT2D eigenvalue weighted by Gasteiger charge is -2.19. The first-order valence-electron chi connectivity index (χ1n) is 7.88. The van der Waals surface area contributed by atoms with E-state index in [1.165, 1.54) is 11.0 Å². The van der Waals surface area contributed by atoms with Crippen molar-refractivity contribution in [2.45, 2.75) is 25.4 Å². The predicted molar refractivity (Wildman–Crippen MR) is 81.9 cm³/mol. The zero-order chi connectivity index (χ0) is 16.1. The molecule has 7 heteroatoms. The van der Waals surface area contributed by atoms with Crippen LogP contribution in [-0.2, 0) is 16.0 Å². The van der Waals surface area contributed by atoms with Gasteiger partial charge in [0.2, 0.25) is 5.91 Å². The molecule has 122 valence electrons. The maximum Gasteiger partial charge on any atom is 0.414 e. The Bertz CT molecular complexity index is 689. The van der Waals surface area contributed by atoms with Crippen LogP contribution in [0.15, 0.2) is 12.1 Å². The SMILES string of the molecule is NC[C@@H]1CN(c2cc(F)c3c(c2)CC(=O)N3CC2CC2)C(=O)O1. The van der Waals surface area contributed by atoms with Gasteiger partial charge >= 0.3 is 6.09 Å². The predicted octanol–water partition coefficient (Wildman–Crippen LogP) is 1.41. The summed E-state index contributed by atoms with van der Waals surface area (Å²) in [5.74, 6) is -0.0531. The molecule has 0 spiro atoms. The second-order valence-corrected chi connectivity index (χ2v) is 6.41. The summed E-state index contributed by atoms with van der Waals surface area (Å²) in [6.07, 6.45) is 1.46. The van der Waals surface area contributed by atoms with E-state index in [9.17, 15) is 14.0 Å². The normalized spacial score (nSPS) is 23.5. The first-order chi connectivity index (χ1) is 11.1. The maximum atomic E-state index is 14.6. The van der Waals surface area contributed by atoms with Gasteiger partial charge in [0.05, 0.1) is 24.3 Å². The molecule has 0 radical (unpaired) electrons. The number of hydrogen-bond donors (Lipinski definition) is 1. The highest BCUT2D eigenvalue weighted by atomic mass is 19.1. The van der Waals surface area contributed by atoms with Crippen molar-refractivity contribution in [2.75, 3.05) is 29.4 Å². The lowest BCUT2D eigenvalue weighted by Crippen LogP contribution is -2.29. The van der Waals surface area contributed by atoms with E-state index in [4.69, 9.17) is 10.5 Å². The topological polar surface area (TPSA) is 75.9 Å². The number of benzene rings is 1. The Morgan fingerprint density at radius 1 is 1.30 bits per heavy atom. The number of nitrogens with two attached hydrogens (primary N) is 1. The van der Waals surface area contributed by atoms with Crippen molar-refractivity contribution < 1.29 is 18.7 Å². The summed E-state index contributed by atoms with van der Waals surface area (Å²) in [5, 5.41) is 0. The fourth-order valence-electron chi connectivity index (χ4n) is 3.22. The Balaban J connectivity index is 1.65. The molecule has 6 nitrogen and oxygen atoms in total. The van der Waals surface area contributed by atoms with E-state index >= 15 is 0 Å². The van der Waals surface area contributed by atoms with Crippen LogP contribution >= 0.6 is 0 Å². The fraction of sp³-hybridized carbons (Fsp3) is 0.500. The van der Waals surface area contributed by atoms with Crippen LogP contribution in [-0.4, -0.2) is 37.7 Å². The second kappa shape index (κ2) is 5.19. The molecule has 0 unspecified atom stereocenters. The molecule has 1 aromatic carbocycles. The first kappa shape index (κ1) is 14.4. The number of carbonyl (C=O) groups is 2. The minimum Gasteiger partial charge on any atom is -0.443 e. The van der Waals surface area contributed by atoms with Crippen molar-refractivity contribution in [3.63, 3.8) is 0 Å². The van der Waals surface area contributed by atoms with Crippen LogP contribution in [0.3, 0.4) is 0 Å². The van der Waals surface area contributed by atoms with Crippen LogP contribution < -0.4 is 15.5 Å². The highest BCUT2D eigenvalue weighted by molar-refractivity contribution is 6.02. The third-order valence-corrected chi connectivity index (χ3v) is 4.63. The van der Waals surface area contributed by atoms with E-state index in [-0.39, 0.29) is 25.0 Å². The minimum atomic E-state index is -0.529. The lowest BCUT2D eigenvalue weighted by molar-refractivity contribution is -0.117. The molecular formula is C16H18FN3O3. The summed E-state index contributed by atoms with van der Waals surface area (Å²) in [5.41, 5.74) is 6.94. The van der Waals surface area contributed by atoms with Gasteiger partial charge in [-0.2, -0.15) is 0 Å². The van der Waals surface area contributed by atoms with Gasteiger partial charge in [0.25, 0.3) is 0 Å². The Hall–Kier alpha value is -2.15. The summed E-state index contributed by atoms with van der Waals surface area (Å²) < 4.78 is 19.7. The zero-order valence-electron chi connectivity index (χ0n) is 12.6. The molecule has 23 heavy (non-hydrogen) atoms. The van der Waals surface area contributed by atoms with Gasteiger partial charge < -0.3 is 15.4 Å². The van der Waals surface area contributed by atoms with E-state index in [0.717, 1.165) is 12.8 Å². The third kappa shape index (κ3) is 2.45. The number of ether oxygens (including phenoxy) is 1. The van der Waals surface area contributed by atoms with Crippen molar-refractivity contribution in [2.24, 2.45) is 11.7 Å². The Kier molecular flexibility index (Phi) is 3.26. The molecule has 4 rings (SSSR count). The molecule has 2 heterocycles. The summed E-state index contributed by atoms with van der Waals surface area (Å²) in [6, 6.07) is 3.01. The Labute approximate surface area is 133 Å². The van der Waals surface area contributed by atoms with E-state index in [1.54, 1.807) is 11.0 Å². The molecule has 1 aliphatic carbocycles. The van der Waals surface area contributed by atoms with E-state index in [2.05, 4.69) is 0 Å². The number of amides is 2. The van der Waals surface area contributed by atoms with Crippen molar-refractivity contribution in [3.8, 4) is 0 Å². The number of hydrogen-bond acceptors (Lipinski definition) is 4. The molecule has 0 bridgehead atoms. The van der Waals surface area contributed by atoms with Gasteiger partial charge in [0, 0.05) is 13.1 Å². The number of halogens is 1. The first-order valence-corrected chi connectivity index (χ1v) is 7.88. The van der Waals surface area contributed by atoms with Crippen molar-refractivity contribution in [1.82, 2.24) is 0 Å². The molecule has 1 saturated heterocycles. The molecule has 1 atom stereocenters. The van der Waals surface area contributed by atoms with Gasteiger partial charge in [0.15, 0.2) is 0 Å². The van der Waals surface area contributed by atoms with Gasteiger partial charge in [-0.25, -0.2) is 9.18 Å². The number of fused-ring (bicyclic) bond motifs is 1. The summed E-state index contributed by atoms with van der Waals surface area (Å²) in [4.78, 5) is 27.0. The number of cyclic esters (lactones) is 1. The Morgan fingerprint density at radius 3 is 2.74 bits per heavy atom. The molecule has 1 aromatic rings. The number of carbonyl (C=O) groups excluding carboxylic acids is 2. The molecular weight excluding hydrogens is 301 g/mol. The van der Waals surface area contributed by atoms with Crippen LogP contribution in [0.1, 0.15) is 18.4 Å². The van der Waals surface area contributed by atoms with Gasteiger partial charge in [-0.05, 0) is 36.5 Å². The molecule has 2 amide bonds.